The molecule has 0 radical (unpaired) electrons. The third-order valence-corrected chi connectivity index (χ3v) is 4.36. The highest BCUT2D eigenvalue weighted by Gasteiger charge is 2.13. The summed E-state index contributed by atoms with van der Waals surface area (Å²) < 4.78 is 28.4. The maximum Gasteiger partial charge on any atom is 0.151 e. The molecule has 0 aromatic rings. The topological polar surface area (TPSA) is 55.4 Å². The number of sulfone groups is 1. The summed E-state index contributed by atoms with van der Waals surface area (Å²) >= 11 is 0. The van der Waals surface area contributed by atoms with Gasteiger partial charge in [-0.05, 0) is 12.8 Å². The highest BCUT2D eigenvalue weighted by Crippen LogP contribution is 2.05. The predicted octanol–water partition coefficient (Wildman–Crippen LogP) is 1.07. The Kier molecular flexibility index (Phi) is 8.89. The number of nitrogens with one attached hydrogen (secondary N) is 1. The van der Waals surface area contributed by atoms with E-state index in [0.29, 0.717) is 32.1 Å². The van der Waals surface area contributed by atoms with E-state index in [1.165, 1.54) is 0 Å². The molecule has 0 rings (SSSR count). The lowest BCUT2D eigenvalue weighted by atomic mass is 10.2. The van der Waals surface area contributed by atoms with Crippen LogP contribution in [0.25, 0.3) is 0 Å². The summed E-state index contributed by atoms with van der Waals surface area (Å²) in [5, 5.41) is 3.06. The van der Waals surface area contributed by atoms with Crippen molar-refractivity contribution in [3.05, 3.63) is 0 Å². The van der Waals surface area contributed by atoms with Gasteiger partial charge in [0.15, 0.2) is 9.84 Å². The van der Waals surface area contributed by atoms with Crippen LogP contribution >= 0.6 is 0 Å². The Morgan fingerprint density at radius 3 is 2.50 bits per heavy atom. The second kappa shape index (κ2) is 8.96. The van der Waals surface area contributed by atoms with Crippen molar-refractivity contribution in [1.82, 2.24) is 5.32 Å². The first-order chi connectivity index (χ1) is 7.52. The number of rotatable bonds is 10. The van der Waals surface area contributed by atoms with E-state index >= 15 is 0 Å². The van der Waals surface area contributed by atoms with E-state index in [-0.39, 0.29) is 11.7 Å². The van der Waals surface area contributed by atoms with Gasteiger partial charge >= 0.3 is 0 Å². The van der Waals surface area contributed by atoms with Crippen LogP contribution in [-0.2, 0) is 14.6 Å². The third-order valence-electron chi connectivity index (χ3n) is 2.45. The zero-order chi connectivity index (χ0) is 12.4. The van der Waals surface area contributed by atoms with Crippen molar-refractivity contribution in [1.29, 1.82) is 0 Å². The van der Waals surface area contributed by atoms with E-state index in [1.807, 2.05) is 20.8 Å². The molecule has 98 valence electrons. The molecule has 0 aromatic carbocycles. The van der Waals surface area contributed by atoms with Crippen LogP contribution < -0.4 is 5.32 Å². The van der Waals surface area contributed by atoms with Gasteiger partial charge in [0.05, 0.1) is 18.1 Å². The van der Waals surface area contributed by atoms with Gasteiger partial charge in [0.2, 0.25) is 0 Å². The standard InChI is InChI=1S/C11H25NO3S/c1-4-11(3)10-16(13,14)9-7-12-6-8-15-5-2/h11-12H,4-10H2,1-3H3. The van der Waals surface area contributed by atoms with Gasteiger partial charge in [-0.2, -0.15) is 0 Å². The van der Waals surface area contributed by atoms with Gasteiger partial charge in [-0.25, -0.2) is 8.42 Å². The molecule has 0 aliphatic rings. The summed E-state index contributed by atoms with van der Waals surface area (Å²) in [6, 6.07) is 0. The molecule has 0 spiro atoms. The molecule has 0 saturated heterocycles. The smallest absolute Gasteiger partial charge is 0.151 e. The monoisotopic (exact) mass is 251 g/mol. The molecule has 0 aliphatic heterocycles. The average Bonchev–Trinajstić information content (AvgIpc) is 2.22. The first-order valence-corrected chi connectivity index (χ1v) is 7.82. The lowest BCUT2D eigenvalue weighted by Gasteiger charge is -2.10. The molecule has 1 N–H and O–H groups in total. The third kappa shape index (κ3) is 9.12. The van der Waals surface area contributed by atoms with Crippen LogP contribution in [0, 0.1) is 5.92 Å². The van der Waals surface area contributed by atoms with Gasteiger partial charge in [-0.15, -0.1) is 0 Å². The maximum atomic E-state index is 11.6. The van der Waals surface area contributed by atoms with Crippen LogP contribution in [-0.4, -0.2) is 46.2 Å². The average molecular weight is 251 g/mol. The van der Waals surface area contributed by atoms with Gasteiger partial charge in [-0.1, -0.05) is 20.3 Å². The lowest BCUT2D eigenvalue weighted by Crippen LogP contribution is -2.28. The molecule has 1 atom stereocenters. The molecule has 0 aliphatic carbocycles. The van der Waals surface area contributed by atoms with E-state index in [1.54, 1.807) is 0 Å². The van der Waals surface area contributed by atoms with E-state index in [2.05, 4.69) is 5.32 Å². The summed E-state index contributed by atoms with van der Waals surface area (Å²) in [4.78, 5) is 0. The molecule has 1 unspecified atom stereocenters. The molecule has 0 bridgehead atoms. The van der Waals surface area contributed by atoms with E-state index in [9.17, 15) is 8.42 Å². The largest absolute Gasteiger partial charge is 0.380 e. The fourth-order valence-electron chi connectivity index (χ4n) is 1.28. The summed E-state index contributed by atoms with van der Waals surface area (Å²) in [6.45, 7) is 8.51. The van der Waals surface area contributed by atoms with Gasteiger partial charge in [0.1, 0.15) is 0 Å². The Morgan fingerprint density at radius 2 is 1.94 bits per heavy atom. The van der Waals surface area contributed by atoms with Gasteiger partial charge < -0.3 is 10.1 Å². The van der Waals surface area contributed by atoms with Crippen molar-refractivity contribution in [3.8, 4) is 0 Å². The zero-order valence-electron chi connectivity index (χ0n) is 10.7. The van der Waals surface area contributed by atoms with Crippen LogP contribution in [0.2, 0.25) is 0 Å². The Morgan fingerprint density at radius 1 is 1.25 bits per heavy atom. The number of hydrogen-bond donors (Lipinski definition) is 1. The summed E-state index contributed by atoms with van der Waals surface area (Å²) in [5.41, 5.74) is 0. The Balaban J connectivity index is 3.59. The molecule has 0 fully saturated rings. The number of hydrogen-bond acceptors (Lipinski definition) is 4. The first kappa shape index (κ1) is 15.9. The van der Waals surface area contributed by atoms with Gasteiger partial charge in [0, 0.05) is 19.7 Å². The van der Waals surface area contributed by atoms with Crippen molar-refractivity contribution in [2.45, 2.75) is 27.2 Å². The first-order valence-electron chi connectivity index (χ1n) is 6.00. The number of ether oxygens (including phenoxy) is 1. The van der Waals surface area contributed by atoms with E-state index < -0.39 is 9.84 Å². The fraction of sp³-hybridized carbons (Fsp3) is 1.00. The van der Waals surface area contributed by atoms with Crippen LogP contribution in [0.4, 0.5) is 0 Å². The molecule has 0 amide bonds. The predicted molar refractivity (Wildman–Crippen MR) is 67.5 cm³/mol. The van der Waals surface area contributed by atoms with Crippen molar-refractivity contribution in [2.24, 2.45) is 5.92 Å². The quantitative estimate of drug-likeness (QED) is 0.590. The molecule has 0 saturated carbocycles. The second-order valence-electron chi connectivity index (χ2n) is 4.07. The van der Waals surface area contributed by atoms with Crippen molar-refractivity contribution >= 4 is 9.84 Å². The second-order valence-corrected chi connectivity index (χ2v) is 6.30. The Labute approximate surface area is 99.7 Å². The van der Waals surface area contributed by atoms with Gasteiger partial charge in [-0.3, -0.25) is 0 Å². The van der Waals surface area contributed by atoms with Gasteiger partial charge in [0.25, 0.3) is 0 Å². The fourth-order valence-corrected chi connectivity index (χ4v) is 3.00. The highest BCUT2D eigenvalue weighted by atomic mass is 32.2. The van der Waals surface area contributed by atoms with Crippen LogP contribution in [0.15, 0.2) is 0 Å². The molecule has 0 aromatic heterocycles. The van der Waals surface area contributed by atoms with Crippen LogP contribution in [0.3, 0.4) is 0 Å². The minimum Gasteiger partial charge on any atom is -0.380 e. The summed E-state index contributed by atoms with van der Waals surface area (Å²) in [6.07, 6.45) is 0.914. The molecular formula is C11H25NO3S. The SMILES string of the molecule is CCOCCNCCS(=O)(=O)CC(C)CC. The summed E-state index contributed by atoms with van der Waals surface area (Å²) in [5.74, 6) is 0.786. The molecular weight excluding hydrogens is 226 g/mol. The Hall–Kier alpha value is -0.130. The van der Waals surface area contributed by atoms with Crippen molar-refractivity contribution < 1.29 is 13.2 Å². The molecule has 5 heteroatoms. The molecule has 0 heterocycles. The minimum atomic E-state index is -2.89. The minimum absolute atomic E-state index is 0.226. The highest BCUT2D eigenvalue weighted by molar-refractivity contribution is 7.91. The van der Waals surface area contributed by atoms with Crippen LogP contribution in [0.1, 0.15) is 27.2 Å². The van der Waals surface area contributed by atoms with Crippen molar-refractivity contribution in [2.75, 3.05) is 37.8 Å². The molecule has 4 nitrogen and oxygen atoms in total. The lowest BCUT2D eigenvalue weighted by molar-refractivity contribution is 0.150. The zero-order valence-corrected chi connectivity index (χ0v) is 11.5. The van der Waals surface area contributed by atoms with Crippen LogP contribution in [0.5, 0.6) is 0 Å². The van der Waals surface area contributed by atoms with E-state index in [0.717, 1.165) is 6.42 Å². The Bertz CT molecular complexity index is 252. The van der Waals surface area contributed by atoms with E-state index in [4.69, 9.17) is 4.74 Å². The summed E-state index contributed by atoms with van der Waals surface area (Å²) in [7, 11) is -2.89. The normalized spacial score (nSPS) is 13.9. The van der Waals surface area contributed by atoms with Crippen molar-refractivity contribution in [3.63, 3.8) is 0 Å². The maximum absolute atomic E-state index is 11.6. The molecule has 16 heavy (non-hydrogen) atoms.